The molecule has 0 saturated carbocycles. The van der Waals surface area contributed by atoms with Gasteiger partial charge in [-0.2, -0.15) is 0 Å². The molecule has 0 spiro atoms. The highest BCUT2D eigenvalue weighted by Gasteiger charge is 2.43. The molecule has 1 heterocycles. The van der Waals surface area contributed by atoms with Gasteiger partial charge < -0.3 is 4.90 Å². The van der Waals surface area contributed by atoms with Crippen LogP contribution < -0.4 is 4.90 Å². The Hall–Kier alpha value is -3.80. The van der Waals surface area contributed by atoms with Crippen molar-refractivity contribution in [2.45, 2.75) is 27.3 Å². The molecule has 1 aliphatic rings. The summed E-state index contributed by atoms with van der Waals surface area (Å²) in [5.41, 5.74) is 3.50. The number of aryl methyl sites for hydroxylation is 2. The summed E-state index contributed by atoms with van der Waals surface area (Å²) in [5, 5.41) is 0. The number of nitrogens with zero attached hydrogens (tertiary/aromatic N) is 2. The number of amides is 2. The summed E-state index contributed by atoms with van der Waals surface area (Å²) in [6.07, 6.45) is 0. The average molecular weight is 446 g/mol. The van der Waals surface area contributed by atoms with Gasteiger partial charge in [0.2, 0.25) is 0 Å². The van der Waals surface area contributed by atoms with E-state index in [2.05, 4.69) is 0 Å². The van der Waals surface area contributed by atoms with Gasteiger partial charge in [-0.05, 0) is 55.2 Å². The van der Waals surface area contributed by atoms with Gasteiger partial charge in [0.25, 0.3) is 11.8 Å². The molecular formula is C27H24F2N2O2. The van der Waals surface area contributed by atoms with Crippen molar-refractivity contribution in [1.29, 1.82) is 0 Å². The molecule has 0 bridgehead atoms. The monoisotopic (exact) mass is 446 g/mol. The molecule has 0 aromatic heterocycles. The van der Waals surface area contributed by atoms with Crippen LogP contribution in [0.5, 0.6) is 0 Å². The number of benzene rings is 3. The van der Waals surface area contributed by atoms with Crippen LogP contribution in [0.2, 0.25) is 0 Å². The fourth-order valence-electron chi connectivity index (χ4n) is 4.00. The fourth-order valence-corrected chi connectivity index (χ4v) is 4.00. The molecule has 0 unspecified atom stereocenters. The number of anilines is 1. The number of likely N-dealkylation sites (N-methyl/N-ethyl adjacent to an activating group) is 1. The quantitative estimate of drug-likeness (QED) is 0.477. The molecule has 4 rings (SSSR count). The molecule has 3 aromatic carbocycles. The average Bonchev–Trinajstić information content (AvgIpc) is 3.06. The lowest BCUT2D eigenvalue weighted by atomic mass is 9.99. The lowest BCUT2D eigenvalue weighted by molar-refractivity contribution is -0.120. The van der Waals surface area contributed by atoms with Gasteiger partial charge in [-0.15, -0.1) is 0 Å². The second-order valence-electron chi connectivity index (χ2n) is 8.06. The van der Waals surface area contributed by atoms with Crippen molar-refractivity contribution in [2.75, 3.05) is 11.4 Å². The van der Waals surface area contributed by atoms with E-state index in [1.807, 2.05) is 63.2 Å². The summed E-state index contributed by atoms with van der Waals surface area (Å²) >= 11 is 0. The van der Waals surface area contributed by atoms with Crippen LogP contribution in [-0.4, -0.2) is 23.3 Å². The van der Waals surface area contributed by atoms with Crippen molar-refractivity contribution in [3.63, 3.8) is 0 Å². The van der Waals surface area contributed by atoms with E-state index >= 15 is 0 Å². The van der Waals surface area contributed by atoms with Gasteiger partial charge in [-0.25, -0.2) is 13.7 Å². The predicted molar refractivity (Wildman–Crippen MR) is 124 cm³/mol. The molecule has 0 aliphatic carbocycles. The Morgan fingerprint density at radius 1 is 0.848 bits per heavy atom. The minimum atomic E-state index is -0.843. The van der Waals surface area contributed by atoms with Crippen LogP contribution in [0, 0.1) is 25.5 Å². The van der Waals surface area contributed by atoms with Gasteiger partial charge in [0.05, 0.1) is 11.3 Å². The first-order valence-electron chi connectivity index (χ1n) is 10.8. The van der Waals surface area contributed by atoms with E-state index in [4.69, 9.17) is 0 Å². The smallest absolute Gasteiger partial charge is 0.282 e. The molecule has 0 atom stereocenters. The van der Waals surface area contributed by atoms with Crippen LogP contribution in [0.1, 0.15) is 29.2 Å². The maximum atomic E-state index is 14.6. The molecule has 6 heteroatoms. The number of hydrogen-bond donors (Lipinski definition) is 0. The highest BCUT2D eigenvalue weighted by atomic mass is 19.1. The van der Waals surface area contributed by atoms with Gasteiger partial charge in [-0.3, -0.25) is 9.59 Å². The van der Waals surface area contributed by atoms with Crippen molar-refractivity contribution >= 4 is 23.1 Å². The van der Waals surface area contributed by atoms with Crippen LogP contribution >= 0.6 is 0 Å². The van der Waals surface area contributed by atoms with E-state index in [0.717, 1.165) is 39.8 Å². The normalized spacial score (nSPS) is 13.8. The van der Waals surface area contributed by atoms with E-state index in [0.29, 0.717) is 18.7 Å². The molecule has 4 nitrogen and oxygen atoms in total. The SMILES string of the molecule is CCN(Cc1ccccc1)C1=C(c2ccc(C)c(C)c2)C(=O)N(c2cc(F)ccc2F)C1=O. The zero-order valence-corrected chi connectivity index (χ0v) is 18.7. The molecule has 0 fully saturated rings. The Morgan fingerprint density at radius 3 is 2.24 bits per heavy atom. The number of halogens is 2. The van der Waals surface area contributed by atoms with Crippen LogP contribution in [0.15, 0.2) is 72.4 Å². The van der Waals surface area contributed by atoms with Gasteiger partial charge >= 0.3 is 0 Å². The largest absolute Gasteiger partial charge is 0.362 e. The molecule has 0 saturated heterocycles. The first-order chi connectivity index (χ1) is 15.8. The standard InChI is InChI=1S/C27H24F2N2O2/c1-4-30(16-19-8-6-5-7-9-19)25-24(20-11-10-17(2)18(3)14-20)26(32)31(27(25)33)23-15-21(28)12-13-22(23)29/h5-15H,4,16H2,1-3H3. The zero-order chi connectivity index (χ0) is 23.7. The summed E-state index contributed by atoms with van der Waals surface area (Å²) in [6.45, 7) is 6.60. The lowest BCUT2D eigenvalue weighted by Crippen LogP contribution is -2.35. The first kappa shape index (κ1) is 22.4. The minimum absolute atomic E-state index is 0.179. The lowest BCUT2D eigenvalue weighted by Gasteiger charge is -2.25. The molecule has 168 valence electrons. The molecule has 1 aliphatic heterocycles. The summed E-state index contributed by atoms with van der Waals surface area (Å²) in [5.74, 6) is -2.92. The van der Waals surface area contributed by atoms with E-state index < -0.39 is 29.1 Å². The second kappa shape index (κ2) is 8.98. The van der Waals surface area contributed by atoms with Crippen molar-refractivity contribution in [3.8, 4) is 0 Å². The molecule has 33 heavy (non-hydrogen) atoms. The zero-order valence-electron chi connectivity index (χ0n) is 18.7. The summed E-state index contributed by atoms with van der Waals surface area (Å²) < 4.78 is 28.6. The van der Waals surface area contributed by atoms with Crippen molar-refractivity contribution < 1.29 is 18.4 Å². The molecule has 0 radical (unpaired) electrons. The Kier molecular flexibility index (Phi) is 6.09. The number of rotatable bonds is 6. The highest BCUT2D eigenvalue weighted by molar-refractivity contribution is 6.45. The summed E-state index contributed by atoms with van der Waals surface area (Å²) in [6, 6.07) is 17.8. The second-order valence-corrected chi connectivity index (χ2v) is 8.06. The van der Waals surface area contributed by atoms with Crippen molar-refractivity contribution in [3.05, 3.63) is 106 Å². The molecule has 0 N–H and O–H groups in total. The Labute approximate surface area is 191 Å². The third-order valence-corrected chi connectivity index (χ3v) is 5.92. The van der Waals surface area contributed by atoms with E-state index in [1.165, 1.54) is 0 Å². The van der Waals surface area contributed by atoms with Crippen LogP contribution in [0.4, 0.5) is 14.5 Å². The maximum Gasteiger partial charge on any atom is 0.282 e. The van der Waals surface area contributed by atoms with E-state index in [9.17, 15) is 18.4 Å². The van der Waals surface area contributed by atoms with Gasteiger partial charge in [0, 0.05) is 19.2 Å². The Bertz CT molecular complexity index is 1270. The van der Waals surface area contributed by atoms with E-state index in [-0.39, 0.29) is 11.3 Å². The Morgan fingerprint density at radius 2 is 1.58 bits per heavy atom. The maximum absolute atomic E-state index is 14.6. The first-order valence-corrected chi connectivity index (χ1v) is 10.8. The van der Waals surface area contributed by atoms with Crippen molar-refractivity contribution in [2.24, 2.45) is 0 Å². The van der Waals surface area contributed by atoms with E-state index in [1.54, 1.807) is 11.0 Å². The number of carbonyl (C=O) groups is 2. The third kappa shape index (κ3) is 4.16. The van der Waals surface area contributed by atoms with Gasteiger partial charge in [0.1, 0.15) is 17.3 Å². The summed E-state index contributed by atoms with van der Waals surface area (Å²) in [4.78, 5) is 29.8. The summed E-state index contributed by atoms with van der Waals surface area (Å²) in [7, 11) is 0. The number of carbonyl (C=O) groups excluding carboxylic acids is 2. The van der Waals surface area contributed by atoms with Crippen LogP contribution in [0.25, 0.3) is 5.57 Å². The van der Waals surface area contributed by atoms with Crippen LogP contribution in [-0.2, 0) is 16.1 Å². The highest BCUT2D eigenvalue weighted by Crippen LogP contribution is 2.37. The molecule has 3 aromatic rings. The number of hydrogen-bond acceptors (Lipinski definition) is 3. The molecule has 2 amide bonds. The minimum Gasteiger partial charge on any atom is -0.362 e. The Balaban J connectivity index is 1.88. The third-order valence-electron chi connectivity index (χ3n) is 5.92. The fraction of sp³-hybridized carbons (Fsp3) is 0.185. The predicted octanol–water partition coefficient (Wildman–Crippen LogP) is 5.39. The molecular weight excluding hydrogens is 422 g/mol. The van der Waals surface area contributed by atoms with Gasteiger partial charge in [0.15, 0.2) is 0 Å². The number of imide groups is 1. The van der Waals surface area contributed by atoms with Gasteiger partial charge in [-0.1, -0.05) is 48.5 Å². The topological polar surface area (TPSA) is 40.6 Å². The van der Waals surface area contributed by atoms with Crippen LogP contribution in [0.3, 0.4) is 0 Å². The van der Waals surface area contributed by atoms with Crippen molar-refractivity contribution in [1.82, 2.24) is 4.90 Å².